The zero-order valence-electron chi connectivity index (χ0n) is 10.1. The smallest absolute Gasteiger partial charge is 0.356 e. The first-order valence-corrected chi connectivity index (χ1v) is 5.74. The number of aromatic hydroxyl groups is 1. The van der Waals surface area contributed by atoms with E-state index in [9.17, 15) is 4.79 Å². The molecule has 0 aliphatic heterocycles. The molecule has 2 aromatic rings. The minimum Gasteiger partial charge on any atom is -0.508 e. The lowest BCUT2D eigenvalue weighted by atomic mass is 10.1. The first kappa shape index (κ1) is 12.8. The number of nitrogens with one attached hydrogen (secondary N) is 1. The van der Waals surface area contributed by atoms with Crippen LogP contribution >= 0.6 is 0 Å². The summed E-state index contributed by atoms with van der Waals surface area (Å²) in [6, 6.07) is 9.94. The molecule has 0 atom stereocenters. The maximum Gasteiger partial charge on any atom is 0.356 e. The molecule has 3 N–H and O–H groups in total. The van der Waals surface area contributed by atoms with Crippen molar-refractivity contribution in [3.8, 4) is 5.75 Å². The molecular weight excluding hydrogens is 246 g/mol. The van der Waals surface area contributed by atoms with E-state index >= 15 is 0 Å². The summed E-state index contributed by atoms with van der Waals surface area (Å²) < 4.78 is 0. The van der Waals surface area contributed by atoms with E-state index in [1.54, 1.807) is 18.2 Å². The normalized spacial score (nSPS) is 10.1. The van der Waals surface area contributed by atoms with Crippen molar-refractivity contribution >= 4 is 11.8 Å². The quantitative estimate of drug-likeness (QED) is 0.753. The largest absolute Gasteiger partial charge is 0.508 e. The molecule has 6 heteroatoms. The van der Waals surface area contributed by atoms with Crippen LogP contribution in [0.1, 0.15) is 16.1 Å². The molecule has 1 heterocycles. The van der Waals surface area contributed by atoms with Crippen molar-refractivity contribution in [2.75, 3.05) is 11.9 Å². The molecule has 0 fully saturated rings. The van der Waals surface area contributed by atoms with Crippen LogP contribution in [-0.4, -0.2) is 32.9 Å². The molecule has 0 aliphatic rings. The van der Waals surface area contributed by atoms with Crippen LogP contribution in [0.5, 0.6) is 5.75 Å². The van der Waals surface area contributed by atoms with E-state index in [0.29, 0.717) is 12.4 Å². The zero-order valence-corrected chi connectivity index (χ0v) is 10.1. The molecule has 0 aliphatic carbocycles. The summed E-state index contributed by atoms with van der Waals surface area (Å²) >= 11 is 0. The van der Waals surface area contributed by atoms with Crippen LogP contribution in [0.15, 0.2) is 36.4 Å². The topological polar surface area (TPSA) is 95.3 Å². The number of carbonyl (C=O) groups is 1. The highest BCUT2D eigenvalue weighted by atomic mass is 16.4. The number of phenolic OH excluding ortho intramolecular Hbond substituents is 1. The fourth-order valence-corrected chi connectivity index (χ4v) is 1.54. The predicted octanol–water partition coefficient (Wildman–Crippen LogP) is 1.53. The molecule has 0 radical (unpaired) electrons. The summed E-state index contributed by atoms with van der Waals surface area (Å²) in [5.41, 5.74) is 1.00. The number of hydrogen-bond acceptors (Lipinski definition) is 5. The van der Waals surface area contributed by atoms with E-state index in [2.05, 4.69) is 15.5 Å². The van der Waals surface area contributed by atoms with E-state index < -0.39 is 5.97 Å². The van der Waals surface area contributed by atoms with Crippen LogP contribution in [0.3, 0.4) is 0 Å². The van der Waals surface area contributed by atoms with Gasteiger partial charge in [0.05, 0.1) is 0 Å². The van der Waals surface area contributed by atoms with Crippen LogP contribution in [-0.2, 0) is 6.42 Å². The molecule has 0 unspecified atom stereocenters. The Bertz CT molecular complexity index is 552. The van der Waals surface area contributed by atoms with Gasteiger partial charge in [-0.3, -0.25) is 0 Å². The standard InChI is InChI=1S/C13H13N3O3/c17-10-3-1-9(2-4-10)7-8-14-12-6-5-11(13(18)19)15-16-12/h1-6,17H,7-8H2,(H,14,16)(H,18,19). The molecule has 19 heavy (non-hydrogen) atoms. The summed E-state index contributed by atoms with van der Waals surface area (Å²) in [5.74, 6) is -0.321. The van der Waals surface area contributed by atoms with E-state index in [-0.39, 0.29) is 11.4 Å². The third kappa shape index (κ3) is 3.67. The number of hydrogen-bond donors (Lipinski definition) is 3. The van der Waals surface area contributed by atoms with E-state index in [1.807, 2.05) is 12.1 Å². The lowest BCUT2D eigenvalue weighted by molar-refractivity contribution is 0.0689. The second-order valence-corrected chi connectivity index (χ2v) is 3.95. The Kier molecular flexibility index (Phi) is 3.92. The molecule has 0 saturated heterocycles. The van der Waals surface area contributed by atoms with Crippen molar-refractivity contribution in [1.29, 1.82) is 0 Å². The van der Waals surface area contributed by atoms with Crippen LogP contribution in [0.25, 0.3) is 0 Å². The summed E-state index contributed by atoms with van der Waals surface area (Å²) in [4.78, 5) is 10.6. The molecule has 2 rings (SSSR count). The molecule has 1 aromatic carbocycles. The highest BCUT2D eigenvalue weighted by Crippen LogP contribution is 2.10. The molecule has 98 valence electrons. The van der Waals surface area contributed by atoms with Gasteiger partial charge in [0.2, 0.25) is 0 Å². The van der Waals surface area contributed by atoms with E-state index in [1.165, 1.54) is 6.07 Å². The molecule has 6 nitrogen and oxygen atoms in total. The average molecular weight is 259 g/mol. The summed E-state index contributed by atoms with van der Waals surface area (Å²) in [7, 11) is 0. The number of benzene rings is 1. The Hall–Kier alpha value is -2.63. The highest BCUT2D eigenvalue weighted by Gasteiger charge is 2.04. The first-order chi connectivity index (χ1) is 9.15. The predicted molar refractivity (Wildman–Crippen MR) is 69.3 cm³/mol. The number of nitrogens with zero attached hydrogens (tertiary/aromatic N) is 2. The number of anilines is 1. The van der Waals surface area contributed by atoms with E-state index in [4.69, 9.17) is 10.2 Å². The lowest BCUT2D eigenvalue weighted by Gasteiger charge is -2.05. The van der Waals surface area contributed by atoms with Crippen molar-refractivity contribution in [3.63, 3.8) is 0 Å². The van der Waals surface area contributed by atoms with Crippen LogP contribution in [0.2, 0.25) is 0 Å². The van der Waals surface area contributed by atoms with Gasteiger partial charge in [-0.05, 0) is 36.2 Å². The third-order valence-corrected chi connectivity index (χ3v) is 2.54. The fraction of sp³-hybridized carbons (Fsp3) is 0.154. The molecule has 0 spiro atoms. The Morgan fingerprint density at radius 3 is 2.42 bits per heavy atom. The maximum absolute atomic E-state index is 10.6. The van der Waals surface area contributed by atoms with Crippen molar-refractivity contribution in [2.24, 2.45) is 0 Å². The van der Waals surface area contributed by atoms with Crippen molar-refractivity contribution in [2.45, 2.75) is 6.42 Å². The number of aromatic nitrogens is 2. The fourth-order valence-electron chi connectivity index (χ4n) is 1.54. The molecule has 1 aromatic heterocycles. The van der Waals surface area contributed by atoms with Gasteiger partial charge in [0.1, 0.15) is 11.6 Å². The minimum absolute atomic E-state index is 0.0796. The Morgan fingerprint density at radius 1 is 1.11 bits per heavy atom. The SMILES string of the molecule is O=C(O)c1ccc(NCCc2ccc(O)cc2)nn1. The van der Waals surface area contributed by atoms with Gasteiger partial charge < -0.3 is 15.5 Å². The molecule has 0 amide bonds. The maximum atomic E-state index is 10.6. The van der Waals surface area contributed by atoms with E-state index in [0.717, 1.165) is 12.0 Å². The van der Waals surface area contributed by atoms with Crippen molar-refractivity contribution < 1.29 is 15.0 Å². The van der Waals surface area contributed by atoms with Gasteiger partial charge in [0.25, 0.3) is 0 Å². The monoisotopic (exact) mass is 259 g/mol. The average Bonchev–Trinajstić information content (AvgIpc) is 2.41. The van der Waals surface area contributed by atoms with Crippen LogP contribution in [0.4, 0.5) is 5.82 Å². The zero-order chi connectivity index (χ0) is 13.7. The van der Waals surface area contributed by atoms with Crippen molar-refractivity contribution in [1.82, 2.24) is 10.2 Å². The number of phenols is 1. The Morgan fingerprint density at radius 2 is 1.84 bits per heavy atom. The number of rotatable bonds is 5. The first-order valence-electron chi connectivity index (χ1n) is 5.74. The Labute approximate surface area is 109 Å². The summed E-state index contributed by atoms with van der Waals surface area (Å²) in [6.07, 6.45) is 0.767. The third-order valence-electron chi connectivity index (χ3n) is 2.54. The minimum atomic E-state index is -1.09. The van der Waals surface area contributed by atoms with Gasteiger partial charge in [-0.2, -0.15) is 0 Å². The second-order valence-electron chi connectivity index (χ2n) is 3.95. The van der Waals surface area contributed by atoms with Gasteiger partial charge >= 0.3 is 5.97 Å². The highest BCUT2D eigenvalue weighted by molar-refractivity contribution is 5.85. The Balaban J connectivity index is 1.85. The van der Waals surface area contributed by atoms with Gasteiger partial charge in [0, 0.05) is 6.54 Å². The van der Waals surface area contributed by atoms with Crippen LogP contribution in [0, 0.1) is 0 Å². The molecular formula is C13H13N3O3. The number of aromatic carboxylic acids is 1. The second kappa shape index (κ2) is 5.81. The van der Waals surface area contributed by atoms with Gasteiger partial charge in [0.15, 0.2) is 5.69 Å². The summed E-state index contributed by atoms with van der Waals surface area (Å²) in [5, 5.41) is 28.2. The van der Waals surface area contributed by atoms with Crippen LogP contribution < -0.4 is 5.32 Å². The number of carboxylic acid groups (broad SMARTS) is 1. The van der Waals surface area contributed by atoms with Gasteiger partial charge in [-0.15, -0.1) is 10.2 Å². The molecule has 0 bridgehead atoms. The lowest BCUT2D eigenvalue weighted by Crippen LogP contribution is -2.08. The summed E-state index contributed by atoms with van der Waals surface area (Å²) in [6.45, 7) is 0.645. The van der Waals surface area contributed by atoms with Gasteiger partial charge in [-0.25, -0.2) is 4.79 Å². The van der Waals surface area contributed by atoms with Gasteiger partial charge in [-0.1, -0.05) is 12.1 Å². The van der Waals surface area contributed by atoms with Crippen molar-refractivity contribution in [3.05, 3.63) is 47.7 Å². The molecule has 0 saturated carbocycles. The number of carboxylic acids is 1.